The van der Waals surface area contributed by atoms with Crippen LogP contribution in [0.25, 0.3) is 11.5 Å². The van der Waals surface area contributed by atoms with Gasteiger partial charge in [-0.25, -0.2) is 0 Å². The van der Waals surface area contributed by atoms with Gasteiger partial charge in [0.05, 0.1) is 14.2 Å². The summed E-state index contributed by atoms with van der Waals surface area (Å²) in [6, 6.07) is 15.1. The molecule has 0 spiro atoms. The van der Waals surface area contributed by atoms with Gasteiger partial charge in [0.1, 0.15) is 0 Å². The molecule has 0 radical (unpaired) electrons. The van der Waals surface area contributed by atoms with E-state index in [1.807, 2.05) is 30.3 Å². The number of methoxy groups -OCH3 is 2. The molecular weight excluding hydrogens is 334 g/mol. The smallest absolute Gasteiger partial charge is 0.322 e. The Morgan fingerprint density at radius 2 is 1.81 bits per heavy atom. The largest absolute Gasteiger partial charge is 0.493 e. The summed E-state index contributed by atoms with van der Waals surface area (Å²) in [7, 11) is 3.11. The topological polar surface area (TPSA) is 86.5 Å². The average Bonchev–Trinajstić information content (AvgIpc) is 3.15. The van der Waals surface area contributed by atoms with Crippen LogP contribution in [0.1, 0.15) is 12.0 Å². The third-order valence-electron chi connectivity index (χ3n) is 3.79. The Morgan fingerprint density at radius 1 is 1.04 bits per heavy atom. The lowest BCUT2D eigenvalue weighted by atomic mass is 10.1. The summed E-state index contributed by atoms with van der Waals surface area (Å²) in [5, 5.41) is 10.4. The molecule has 134 valence electrons. The molecule has 0 unspecified atom stereocenters. The molecule has 0 bridgehead atoms. The van der Waals surface area contributed by atoms with Gasteiger partial charge < -0.3 is 13.9 Å². The summed E-state index contributed by atoms with van der Waals surface area (Å²) in [6.45, 7) is 0. The molecule has 2 aromatic carbocycles. The number of benzene rings is 2. The van der Waals surface area contributed by atoms with Crippen LogP contribution < -0.4 is 14.8 Å². The zero-order chi connectivity index (χ0) is 18.4. The highest BCUT2D eigenvalue weighted by Crippen LogP contribution is 2.32. The minimum Gasteiger partial charge on any atom is -0.493 e. The third-order valence-corrected chi connectivity index (χ3v) is 3.79. The van der Waals surface area contributed by atoms with Crippen molar-refractivity contribution in [3.05, 3.63) is 54.1 Å². The maximum atomic E-state index is 12.0. The fourth-order valence-corrected chi connectivity index (χ4v) is 2.44. The molecule has 0 aliphatic carbocycles. The number of amides is 1. The van der Waals surface area contributed by atoms with Gasteiger partial charge in [0.25, 0.3) is 0 Å². The number of nitrogens with one attached hydrogen (secondary N) is 1. The summed E-state index contributed by atoms with van der Waals surface area (Å²) in [4.78, 5) is 12.0. The standard InChI is InChI=1S/C19H19N3O4/c1-24-15-10-9-14(12-16(15)25-2)18-21-22-19(26-18)20-17(23)11-8-13-6-4-3-5-7-13/h3-7,9-10,12H,8,11H2,1-2H3,(H,20,22,23). The average molecular weight is 353 g/mol. The van der Waals surface area contributed by atoms with Crippen LogP contribution in [-0.2, 0) is 11.2 Å². The summed E-state index contributed by atoms with van der Waals surface area (Å²) in [6.07, 6.45) is 0.974. The molecular formula is C19H19N3O4. The SMILES string of the molecule is COc1ccc(-c2nnc(NC(=O)CCc3ccccc3)o2)cc1OC. The minimum absolute atomic E-state index is 0.0628. The Kier molecular flexibility index (Phi) is 5.48. The van der Waals surface area contributed by atoms with Gasteiger partial charge in [-0.05, 0) is 30.2 Å². The van der Waals surface area contributed by atoms with Gasteiger partial charge in [-0.3, -0.25) is 10.1 Å². The first kappa shape index (κ1) is 17.5. The zero-order valence-corrected chi connectivity index (χ0v) is 14.6. The van der Waals surface area contributed by atoms with Crippen LogP contribution in [0.3, 0.4) is 0 Å². The van der Waals surface area contributed by atoms with E-state index in [0.717, 1.165) is 5.56 Å². The predicted octanol–water partition coefficient (Wildman–Crippen LogP) is 3.33. The van der Waals surface area contributed by atoms with Gasteiger partial charge in [-0.1, -0.05) is 35.4 Å². The van der Waals surface area contributed by atoms with Crippen LogP contribution in [0.4, 0.5) is 6.01 Å². The number of carbonyl (C=O) groups is 1. The minimum atomic E-state index is -0.184. The second-order valence-electron chi connectivity index (χ2n) is 5.52. The van der Waals surface area contributed by atoms with Gasteiger partial charge in [-0.15, -0.1) is 5.10 Å². The third kappa shape index (κ3) is 4.18. The Balaban J connectivity index is 1.63. The van der Waals surface area contributed by atoms with Crippen LogP contribution in [0.5, 0.6) is 11.5 Å². The summed E-state index contributed by atoms with van der Waals surface area (Å²) in [5.74, 6) is 1.25. The quantitative estimate of drug-likeness (QED) is 0.701. The highest BCUT2D eigenvalue weighted by Gasteiger charge is 2.14. The molecule has 1 heterocycles. The molecule has 7 heteroatoms. The first-order chi connectivity index (χ1) is 12.7. The number of carbonyl (C=O) groups excluding carboxylic acids is 1. The molecule has 0 aliphatic heterocycles. The first-order valence-corrected chi connectivity index (χ1v) is 8.09. The summed E-state index contributed by atoms with van der Waals surface area (Å²) < 4.78 is 16.0. The van der Waals surface area contributed by atoms with E-state index in [0.29, 0.717) is 29.9 Å². The van der Waals surface area contributed by atoms with E-state index in [-0.39, 0.29) is 17.8 Å². The summed E-state index contributed by atoms with van der Waals surface area (Å²) in [5.41, 5.74) is 1.76. The van der Waals surface area contributed by atoms with Crippen molar-refractivity contribution in [2.75, 3.05) is 19.5 Å². The second kappa shape index (κ2) is 8.15. The van der Waals surface area contributed by atoms with Gasteiger partial charge in [0.2, 0.25) is 11.8 Å². The van der Waals surface area contributed by atoms with E-state index in [1.54, 1.807) is 32.4 Å². The van der Waals surface area contributed by atoms with Crippen molar-refractivity contribution in [1.82, 2.24) is 10.2 Å². The van der Waals surface area contributed by atoms with Crippen molar-refractivity contribution in [2.45, 2.75) is 12.8 Å². The predicted molar refractivity (Wildman–Crippen MR) is 96.2 cm³/mol. The number of aromatic nitrogens is 2. The van der Waals surface area contributed by atoms with Crippen LogP contribution in [0, 0.1) is 0 Å². The number of nitrogens with zero attached hydrogens (tertiary/aromatic N) is 2. The number of hydrogen-bond donors (Lipinski definition) is 1. The first-order valence-electron chi connectivity index (χ1n) is 8.09. The van der Waals surface area contributed by atoms with Crippen molar-refractivity contribution < 1.29 is 18.7 Å². The second-order valence-corrected chi connectivity index (χ2v) is 5.52. The maximum Gasteiger partial charge on any atom is 0.322 e. The Labute approximate surface area is 151 Å². The van der Waals surface area contributed by atoms with E-state index in [2.05, 4.69) is 15.5 Å². The molecule has 1 amide bonds. The monoisotopic (exact) mass is 353 g/mol. The van der Waals surface area contributed by atoms with E-state index in [4.69, 9.17) is 13.9 Å². The van der Waals surface area contributed by atoms with E-state index >= 15 is 0 Å². The lowest BCUT2D eigenvalue weighted by Gasteiger charge is -2.07. The number of rotatable bonds is 7. The van der Waals surface area contributed by atoms with Crippen LogP contribution in [-0.4, -0.2) is 30.3 Å². The number of aryl methyl sites for hydroxylation is 1. The fraction of sp³-hybridized carbons (Fsp3) is 0.211. The Bertz CT molecular complexity index is 878. The van der Waals surface area contributed by atoms with Gasteiger partial charge in [-0.2, -0.15) is 0 Å². The van der Waals surface area contributed by atoms with Crippen LogP contribution in [0.2, 0.25) is 0 Å². The molecule has 0 atom stereocenters. The van der Waals surface area contributed by atoms with Crippen molar-refractivity contribution in [3.63, 3.8) is 0 Å². The molecule has 0 saturated carbocycles. The molecule has 1 N–H and O–H groups in total. The number of hydrogen-bond acceptors (Lipinski definition) is 6. The summed E-state index contributed by atoms with van der Waals surface area (Å²) >= 11 is 0. The lowest BCUT2D eigenvalue weighted by Crippen LogP contribution is -2.12. The van der Waals surface area contributed by atoms with Gasteiger partial charge in [0.15, 0.2) is 11.5 Å². The van der Waals surface area contributed by atoms with Crippen LogP contribution >= 0.6 is 0 Å². The highest BCUT2D eigenvalue weighted by atomic mass is 16.5. The van der Waals surface area contributed by atoms with Gasteiger partial charge in [0, 0.05) is 12.0 Å². The van der Waals surface area contributed by atoms with Crippen LogP contribution in [0.15, 0.2) is 52.9 Å². The normalized spacial score (nSPS) is 10.4. The lowest BCUT2D eigenvalue weighted by molar-refractivity contribution is -0.116. The van der Waals surface area contributed by atoms with Gasteiger partial charge >= 0.3 is 6.01 Å². The van der Waals surface area contributed by atoms with E-state index < -0.39 is 0 Å². The number of ether oxygens (including phenoxy) is 2. The fourth-order valence-electron chi connectivity index (χ4n) is 2.44. The van der Waals surface area contributed by atoms with E-state index in [9.17, 15) is 4.79 Å². The Morgan fingerprint density at radius 3 is 2.54 bits per heavy atom. The highest BCUT2D eigenvalue weighted by molar-refractivity contribution is 5.88. The zero-order valence-electron chi connectivity index (χ0n) is 14.6. The van der Waals surface area contributed by atoms with E-state index in [1.165, 1.54) is 0 Å². The van der Waals surface area contributed by atoms with Crippen molar-refractivity contribution >= 4 is 11.9 Å². The molecule has 0 fully saturated rings. The molecule has 3 rings (SSSR count). The molecule has 0 saturated heterocycles. The maximum absolute atomic E-state index is 12.0. The molecule has 3 aromatic rings. The van der Waals surface area contributed by atoms with Crippen molar-refractivity contribution in [2.24, 2.45) is 0 Å². The van der Waals surface area contributed by atoms with Crippen molar-refractivity contribution in [3.8, 4) is 23.0 Å². The molecule has 1 aromatic heterocycles. The Hall–Kier alpha value is -3.35. The molecule has 26 heavy (non-hydrogen) atoms. The van der Waals surface area contributed by atoms with Crippen molar-refractivity contribution in [1.29, 1.82) is 0 Å². The molecule has 7 nitrogen and oxygen atoms in total. The number of anilines is 1. The molecule has 0 aliphatic rings.